The minimum absolute atomic E-state index is 0.0328. The molecule has 23 heavy (non-hydrogen) atoms. The third kappa shape index (κ3) is 4.46. The Hall–Kier alpha value is -2.54. The molecular weight excluding hydrogens is 330 g/mol. The van der Waals surface area contributed by atoms with Gasteiger partial charge in [-0.1, -0.05) is 17.7 Å². The van der Waals surface area contributed by atoms with Gasteiger partial charge in [0.1, 0.15) is 11.2 Å². The molecule has 2 N–H and O–H groups in total. The van der Waals surface area contributed by atoms with Crippen LogP contribution >= 0.6 is 11.6 Å². The van der Waals surface area contributed by atoms with Crippen LogP contribution in [0.5, 0.6) is 0 Å². The predicted molar refractivity (Wildman–Crippen MR) is 78.2 cm³/mol. The Morgan fingerprint density at radius 3 is 2.52 bits per heavy atom. The average Bonchev–Trinajstić information content (AvgIpc) is 2.51. The van der Waals surface area contributed by atoms with Crippen molar-refractivity contribution in [3.63, 3.8) is 0 Å². The average molecular weight is 341 g/mol. The summed E-state index contributed by atoms with van der Waals surface area (Å²) in [4.78, 5) is 27.0. The van der Waals surface area contributed by atoms with Gasteiger partial charge in [0.25, 0.3) is 5.91 Å². The van der Waals surface area contributed by atoms with Crippen molar-refractivity contribution in [3.05, 3.63) is 64.4 Å². The van der Waals surface area contributed by atoms with Gasteiger partial charge in [0, 0.05) is 18.2 Å². The lowest BCUT2D eigenvalue weighted by Gasteiger charge is -2.14. The van der Waals surface area contributed by atoms with E-state index in [1.54, 1.807) is 6.07 Å². The summed E-state index contributed by atoms with van der Waals surface area (Å²) in [5.74, 6) is -4.37. The number of benzene rings is 1. The number of carbonyl (C=O) groups excluding carboxylic acids is 1. The zero-order chi connectivity index (χ0) is 17.0. The number of carboxylic acids is 1. The number of rotatable bonds is 5. The normalized spacial score (nSPS) is 11.8. The lowest BCUT2D eigenvalue weighted by molar-refractivity contribution is -0.139. The second kappa shape index (κ2) is 7.15. The van der Waals surface area contributed by atoms with E-state index in [1.807, 2.05) is 0 Å². The number of carboxylic acid groups (broad SMARTS) is 1. The van der Waals surface area contributed by atoms with Crippen LogP contribution in [0, 0.1) is 11.6 Å². The van der Waals surface area contributed by atoms with Gasteiger partial charge in [-0.2, -0.15) is 0 Å². The number of nitrogens with one attached hydrogen (secondary N) is 1. The Labute approximate surface area is 134 Å². The summed E-state index contributed by atoms with van der Waals surface area (Å²) in [5.41, 5.74) is 0.372. The van der Waals surface area contributed by atoms with E-state index in [0.717, 1.165) is 12.1 Å². The van der Waals surface area contributed by atoms with E-state index < -0.39 is 29.6 Å². The van der Waals surface area contributed by atoms with Gasteiger partial charge in [0.05, 0.1) is 0 Å². The van der Waals surface area contributed by atoms with Crippen LogP contribution in [0.3, 0.4) is 0 Å². The van der Waals surface area contributed by atoms with Gasteiger partial charge in [-0.3, -0.25) is 4.79 Å². The number of amides is 1. The Morgan fingerprint density at radius 2 is 1.96 bits per heavy atom. The van der Waals surface area contributed by atoms with Crippen LogP contribution in [-0.4, -0.2) is 28.0 Å². The van der Waals surface area contributed by atoms with Crippen molar-refractivity contribution >= 4 is 23.5 Å². The van der Waals surface area contributed by atoms with Crippen LogP contribution in [0.4, 0.5) is 8.78 Å². The van der Waals surface area contributed by atoms with Crippen molar-refractivity contribution in [1.82, 2.24) is 10.3 Å². The highest BCUT2D eigenvalue weighted by Gasteiger charge is 2.22. The standard InChI is InChI=1S/C15H11ClF2N2O3/c16-13-4-1-8(7-19-13)5-12(15(22)23)20-14(21)9-2-3-10(17)11(18)6-9/h1-4,6-7,12H,5H2,(H,20,21)(H,22,23)/t12-/m0/s1. The van der Waals surface area contributed by atoms with E-state index in [0.29, 0.717) is 11.6 Å². The molecule has 2 rings (SSSR count). The second-order valence-corrected chi connectivity index (χ2v) is 5.07. The lowest BCUT2D eigenvalue weighted by atomic mass is 10.1. The van der Waals surface area contributed by atoms with Crippen LogP contribution in [-0.2, 0) is 11.2 Å². The zero-order valence-corrected chi connectivity index (χ0v) is 12.3. The number of pyridine rings is 1. The summed E-state index contributed by atoms with van der Waals surface area (Å²) in [6, 6.07) is 4.38. The molecule has 1 heterocycles. The molecule has 0 bridgehead atoms. The Bertz CT molecular complexity index is 738. The molecule has 1 aromatic carbocycles. The highest BCUT2D eigenvalue weighted by atomic mass is 35.5. The Morgan fingerprint density at radius 1 is 1.22 bits per heavy atom. The monoisotopic (exact) mass is 340 g/mol. The van der Waals surface area contributed by atoms with Crippen LogP contribution in [0.1, 0.15) is 15.9 Å². The van der Waals surface area contributed by atoms with Crippen LogP contribution in [0.15, 0.2) is 36.5 Å². The summed E-state index contributed by atoms with van der Waals surface area (Å²) < 4.78 is 26.0. The number of halogens is 3. The summed E-state index contributed by atoms with van der Waals surface area (Å²) in [6.45, 7) is 0. The molecule has 0 saturated heterocycles. The van der Waals surface area contributed by atoms with Crippen LogP contribution in [0.25, 0.3) is 0 Å². The van der Waals surface area contributed by atoms with E-state index in [1.165, 1.54) is 12.3 Å². The molecule has 0 radical (unpaired) electrons. The van der Waals surface area contributed by atoms with Crippen molar-refractivity contribution in [1.29, 1.82) is 0 Å². The molecule has 0 spiro atoms. The maximum absolute atomic E-state index is 13.1. The largest absolute Gasteiger partial charge is 0.480 e. The van der Waals surface area contributed by atoms with E-state index in [-0.39, 0.29) is 17.1 Å². The van der Waals surface area contributed by atoms with Gasteiger partial charge in [-0.05, 0) is 29.8 Å². The molecule has 2 aromatic rings. The number of aliphatic carboxylic acids is 1. The molecule has 0 unspecified atom stereocenters. The fourth-order valence-electron chi connectivity index (χ4n) is 1.84. The third-order valence-corrected chi connectivity index (χ3v) is 3.24. The van der Waals surface area contributed by atoms with Crippen LogP contribution < -0.4 is 5.32 Å². The Balaban J connectivity index is 2.12. The topological polar surface area (TPSA) is 79.3 Å². The highest BCUT2D eigenvalue weighted by molar-refractivity contribution is 6.29. The Kier molecular flexibility index (Phi) is 5.23. The molecule has 0 fully saturated rings. The van der Waals surface area contributed by atoms with Crippen molar-refractivity contribution in [2.75, 3.05) is 0 Å². The molecule has 0 aliphatic rings. The summed E-state index contributed by atoms with van der Waals surface area (Å²) in [6.07, 6.45) is 1.36. The summed E-state index contributed by atoms with van der Waals surface area (Å²) in [7, 11) is 0. The van der Waals surface area contributed by atoms with E-state index in [9.17, 15) is 23.5 Å². The molecule has 1 aromatic heterocycles. The fraction of sp³-hybridized carbons (Fsp3) is 0.133. The minimum Gasteiger partial charge on any atom is -0.480 e. The van der Waals surface area contributed by atoms with Crippen LogP contribution in [0.2, 0.25) is 5.15 Å². The molecule has 0 aliphatic carbocycles. The molecule has 8 heteroatoms. The van der Waals surface area contributed by atoms with Gasteiger partial charge in [-0.25, -0.2) is 18.6 Å². The maximum atomic E-state index is 13.1. The van der Waals surface area contributed by atoms with Crippen molar-refractivity contribution < 1.29 is 23.5 Å². The van der Waals surface area contributed by atoms with Gasteiger partial charge in [0.2, 0.25) is 0 Å². The van der Waals surface area contributed by atoms with Gasteiger partial charge >= 0.3 is 5.97 Å². The van der Waals surface area contributed by atoms with Crippen molar-refractivity contribution in [2.45, 2.75) is 12.5 Å². The first-order valence-corrected chi connectivity index (χ1v) is 6.84. The van der Waals surface area contributed by atoms with Gasteiger partial charge in [-0.15, -0.1) is 0 Å². The highest BCUT2D eigenvalue weighted by Crippen LogP contribution is 2.11. The van der Waals surface area contributed by atoms with Gasteiger partial charge in [0.15, 0.2) is 11.6 Å². The van der Waals surface area contributed by atoms with Gasteiger partial charge < -0.3 is 10.4 Å². The first kappa shape index (κ1) is 16.8. The molecule has 1 atom stereocenters. The number of carbonyl (C=O) groups is 2. The number of hydrogen-bond donors (Lipinski definition) is 2. The fourth-order valence-corrected chi connectivity index (χ4v) is 1.95. The van der Waals surface area contributed by atoms with E-state index >= 15 is 0 Å². The minimum atomic E-state index is -1.27. The first-order valence-electron chi connectivity index (χ1n) is 6.46. The summed E-state index contributed by atoms with van der Waals surface area (Å²) >= 11 is 5.64. The van der Waals surface area contributed by atoms with Crippen molar-refractivity contribution in [2.24, 2.45) is 0 Å². The number of aromatic nitrogens is 1. The van der Waals surface area contributed by atoms with E-state index in [4.69, 9.17) is 11.6 Å². The molecule has 0 saturated carbocycles. The van der Waals surface area contributed by atoms with E-state index in [2.05, 4.69) is 10.3 Å². The molecule has 120 valence electrons. The second-order valence-electron chi connectivity index (χ2n) is 4.69. The predicted octanol–water partition coefficient (Wildman–Crippen LogP) is 2.44. The zero-order valence-electron chi connectivity index (χ0n) is 11.6. The first-order chi connectivity index (χ1) is 10.9. The summed E-state index contributed by atoms with van der Waals surface area (Å²) in [5, 5.41) is 11.7. The van der Waals surface area contributed by atoms with Crippen molar-refractivity contribution in [3.8, 4) is 0 Å². The molecule has 1 amide bonds. The lowest BCUT2D eigenvalue weighted by Crippen LogP contribution is -2.42. The molecular formula is C15H11ClF2N2O3. The quantitative estimate of drug-likeness (QED) is 0.819. The molecule has 5 nitrogen and oxygen atoms in total. The molecule has 0 aliphatic heterocycles. The third-order valence-electron chi connectivity index (χ3n) is 3.01. The smallest absolute Gasteiger partial charge is 0.326 e. The maximum Gasteiger partial charge on any atom is 0.326 e. The number of nitrogens with zero attached hydrogens (tertiary/aromatic N) is 1. The SMILES string of the molecule is O=C(N[C@@H](Cc1ccc(Cl)nc1)C(=O)O)c1ccc(F)c(F)c1. The number of hydrogen-bond acceptors (Lipinski definition) is 3.